The van der Waals surface area contributed by atoms with E-state index in [4.69, 9.17) is 25.7 Å². The first-order valence-electron chi connectivity index (χ1n) is 11.6. The molecular formula is C26H23BClFN4O5. The zero-order valence-electron chi connectivity index (χ0n) is 20.5. The monoisotopic (exact) mass is 536 g/mol. The lowest BCUT2D eigenvalue weighted by atomic mass is 9.79. The molecule has 0 atom stereocenters. The number of aromatic hydroxyl groups is 1. The Balaban J connectivity index is 1.52. The van der Waals surface area contributed by atoms with Gasteiger partial charge in [-0.3, -0.25) is 4.40 Å². The van der Waals surface area contributed by atoms with Crippen molar-refractivity contribution in [2.75, 3.05) is 19.5 Å². The van der Waals surface area contributed by atoms with Crippen LogP contribution in [-0.4, -0.2) is 45.8 Å². The number of hydrogen-bond donors (Lipinski definition) is 3. The summed E-state index contributed by atoms with van der Waals surface area (Å²) in [6.45, 7) is 0.327. The van der Waals surface area contributed by atoms with Crippen LogP contribution in [0.4, 0.5) is 10.3 Å². The second-order valence-corrected chi connectivity index (χ2v) is 8.66. The van der Waals surface area contributed by atoms with Gasteiger partial charge >= 0.3 is 7.12 Å². The first kappa shape index (κ1) is 25.4. The number of hydrogen-bond acceptors (Lipinski definition) is 8. The second kappa shape index (κ2) is 10.6. The van der Waals surface area contributed by atoms with Gasteiger partial charge in [-0.15, -0.1) is 11.6 Å². The van der Waals surface area contributed by atoms with Gasteiger partial charge in [-0.1, -0.05) is 12.1 Å². The van der Waals surface area contributed by atoms with E-state index < -0.39 is 12.9 Å². The minimum atomic E-state index is -1.43. The molecule has 0 aliphatic rings. The maximum Gasteiger partial charge on any atom is 0.560 e. The maximum atomic E-state index is 15.3. The third kappa shape index (κ3) is 4.98. The lowest BCUT2D eigenvalue weighted by Gasteiger charge is -2.15. The molecule has 0 unspecified atom stereocenters. The minimum Gasteiger partial charge on any atom is -0.532 e. The Bertz CT molecular complexity index is 1630. The molecule has 2 aromatic heterocycles. The van der Waals surface area contributed by atoms with Crippen molar-refractivity contribution in [1.29, 1.82) is 0 Å². The van der Waals surface area contributed by atoms with Gasteiger partial charge in [0.2, 0.25) is 5.95 Å². The summed E-state index contributed by atoms with van der Waals surface area (Å²) >= 11 is 6.06. The fourth-order valence-electron chi connectivity index (χ4n) is 4.10. The summed E-state index contributed by atoms with van der Waals surface area (Å²) in [7, 11) is 1.72. The number of nitrogens with zero attached hydrogens (tertiary/aromatic N) is 3. The number of imidazole rings is 1. The lowest BCUT2D eigenvalue weighted by molar-refractivity contribution is 0.391. The molecule has 0 amide bonds. The van der Waals surface area contributed by atoms with Gasteiger partial charge in [-0.2, -0.15) is 0 Å². The Morgan fingerprint density at radius 1 is 1.05 bits per heavy atom. The van der Waals surface area contributed by atoms with Crippen LogP contribution in [-0.2, 0) is 12.4 Å². The fraction of sp³-hybridized carbons (Fsp3) is 0.154. The van der Waals surface area contributed by atoms with Gasteiger partial charge in [0.15, 0.2) is 5.82 Å². The summed E-state index contributed by atoms with van der Waals surface area (Å²) in [6, 6.07) is 14.1. The van der Waals surface area contributed by atoms with Gasteiger partial charge in [0, 0.05) is 35.9 Å². The first-order valence-corrected chi connectivity index (χ1v) is 12.1. The van der Waals surface area contributed by atoms with Crippen LogP contribution in [0.5, 0.6) is 23.0 Å². The van der Waals surface area contributed by atoms with Crippen molar-refractivity contribution in [1.82, 2.24) is 14.4 Å². The molecule has 3 N–H and O–H groups in total. The number of nitrogens with one attached hydrogen (secondary N) is 1. The van der Waals surface area contributed by atoms with Gasteiger partial charge < -0.3 is 29.6 Å². The Kier molecular flexibility index (Phi) is 7.12. The molecule has 0 bridgehead atoms. The summed E-state index contributed by atoms with van der Waals surface area (Å²) < 4.78 is 33.3. The normalized spacial score (nSPS) is 11.1. The molecule has 194 valence electrons. The van der Waals surface area contributed by atoms with E-state index in [1.165, 1.54) is 12.1 Å². The van der Waals surface area contributed by atoms with Gasteiger partial charge in [0.05, 0.1) is 31.2 Å². The maximum absolute atomic E-state index is 15.3. The van der Waals surface area contributed by atoms with Crippen molar-refractivity contribution in [3.05, 3.63) is 77.9 Å². The van der Waals surface area contributed by atoms with E-state index in [0.717, 1.165) is 11.6 Å². The Hall–Kier alpha value is -4.22. The summed E-state index contributed by atoms with van der Waals surface area (Å²) in [5.41, 5.74) is 2.19. The van der Waals surface area contributed by atoms with E-state index in [1.807, 2.05) is 12.1 Å². The predicted octanol–water partition coefficient (Wildman–Crippen LogP) is 3.86. The minimum absolute atomic E-state index is 0.0287. The van der Waals surface area contributed by atoms with Gasteiger partial charge in [-0.05, 0) is 30.3 Å². The summed E-state index contributed by atoms with van der Waals surface area (Å²) in [5, 5.41) is 23.8. The average Bonchev–Trinajstić information content (AvgIpc) is 3.37. The topological polar surface area (TPSA) is 110 Å². The van der Waals surface area contributed by atoms with Crippen molar-refractivity contribution in [3.63, 3.8) is 0 Å². The number of ether oxygens (including phenoxy) is 2. The fourth-order valence-corrected chi connectivity index (χ4v) is 4.23. The molecule has 2 heterocycles. The van der Waals surface area contributed by atoms with Crippen LogP contribution in [0.1, 0.15) is 11.3 Å². The summed E-state index contributed by atoms with van der Waals surface area (Å²) in [4.78, 5) is 9.08. The Morgan fingerprint density at radius 2 is 1.89 bits per heavy atom. The molecule has 9 nitrogen and oxygen atoms in total. The smallest absolute Gasteiger partial charge is 0.532 e. The molecule has 38 heavy (non-hydrogen) atoms. The summed E-state index contributed by atoms with van der Waals surface area (Å²) in [6.07, 6.45) is 1.72. The van der Waals surface area contributed by atoms with Crippen LogP contribution in [0.2, 0.25) is 0 Å². The highest BCUT2D eigenvalue weighted by Gasteiger charge is 2.22. The van der Waals surface area contributed by atoms with E-state index in [0.29, 0.717) is 46.2 Å². The van der Waals surface area contributed by atoms with Gasteiger partial charge in [0.25, 0.3) is 0 Å². The molecule has 0 aliphatic carbocycles. The molecule has 0 aliphatic heterocycles. The number of methoxy groups -OCH3 is 2. The zero-order valence-corrected chi connectivity index (χ0v) is 21.2. The third-order valence-electron chi connectivity index (χ3n) is 5.95. The van der Waals surface area contributed by atoms with E-state index >= 15 is 4.39 Å². The van der Waals surface area contributed by atoms with Crippen molar-refractivity contribution in [2.45, 2.75) is 12.4 Å². The highest BCUT2D eigenvalue weighted by atomic mass is 35.5. The standard InChI is InChI=1S/C26H23BClFN4O5/c1-36-19-7-6-15(23(11-19)37-2)13-30-26-32-24-21(25-31-17(12-28)14-33(25)26)9-20(10-22(24)29)38-27(35)16-4-3-5-18(34)8-16/h3-11,14,34-35H,12-13H2,1-2H3,(H,30,32). The molecule has 5 aromatic rings. The van der Waals surface area contributed by atoms with E-state index in [-0.39, 0.29) is 22.9 Å². The third-order valence-corrected chi connectivity index (χ3v) is 6.22. The molecule has 3 aromatic carbocycles. The van der Waals surface area contributed by atoms with Crippen LogP contribution >= 0.6 is 11.6 Å². The zero-order chi connectivity index (χ0) is 26.8. The van der Waals surface area contributed by atoms with Crippen LogP contribution in [0.15, 0.2) is 60.8 Å². The molecule has 0 radical (unpaired) electrons. The number of alkyl halides is 1. The Labute approximate surface area is 222 Å². The number of rotatable bonds is 9. The van der Waals surface area contributed by atoms with Crippen molar-refractivity contribution in [3.8, 4) is 23.0 Å². The SMILES string of the molecule is COc1ccc(CNc2nc3c(F)cc(OB(O)c4cccc(O)c4)cc3c3nc(CCl)cn23)c(OC)c1. The second-order valence-electron chi connectivity index (χ2n) is 8.39. The van der Waals surface area contributed by atoms with Crippen molar-refractivity contribution < 1.29 is 28.6 Å². The van der Waals surface area contributed by atoms with Crippen LogP contribution in [0.3, 0.4) is 0 Å². The predicted molar refractivity (Wildman–Crippen MR) is 143 cm³/mol. The quantitative estimate of drug-likeness (QED) is 0.192. The molecule has 0 fully saturated rings. The number of phenols is 1. The highest BCUT2D eigenvalue weighted by Crippen LogP contribution is 2.30. The lowest BCUT2D eigenvalue weighted by Crippen LogP contribution is -2.36. The molecule has 12 heteroatoms. The number of halogens is 2. The number of anilines is 1. The number of phenolic OH excluding ortho intramolecular Hbond substituents is 1. The average molecular weight is 537 g/mol. The van der Waals surface area contributed by atoms with Crippen molar-refractivity contribution >= 4 is 46.7 Å². The highest BCUT2D eigenvalue weighted by molar-refractivity contribution is 6.60. The number of fused-ring (bicyclic) bond motifs is 3. The van der Waals surface area contributed by atoms with Crippen molar-refractivity contribution in [2.24, 2.45) is 0 Å². The van der Waals surface area contributed by atoms with E-state index in [9.17, 15) is 10.1 Å². The number of aromatic nitrogens is 3. The molecule has 5 rings (SSSR count). The molecule has 0 saturated heterocycles. The van der Waals surface area contributed by atoms with Crippen LogP contribution in [0.25, 0.3) is 16.6 Å². The van der Waals surface area contributed by atoms with Crippen LogP contribution < -0.4 is 24.9 Å². The molecular weight excluding hydrogens is 514 g/mol. The molecule has 0 spiro atoms. The number of benzene rings is 3. The Morgan fingerprint density at radius 3 is 2.63 bits per heavy atom. The van der Waals surface area contributed by atoms with E-state index in [2.05, 4.69) is 15.3 Å². The first-order chi connectivity index (χ1) is 18.4. The van der Waals surface area contributed by atoms with Crippen LogP contribution in [0, 0.1) is 5.82 Å². The summed E-state index contributed by atoms with van der Waals surface area (Å²) in [5.74, 6) is 1.15. The van der Waals surface area contributed by atoms with Gasteiger partial charge in [0.1, 0.15) is 34.2 Å². The van der Waals surface area contributed by atoms with E-state index in [1.54, 1.807) is 49.1 Å². The molecule has 0 saturated carbocycles. The largest absolute Gasteiger partial charge is 0.560 e. The van der Waals surface area contributed by atoms with Gasteiger partial charge in [-0.25, -0.2) is 14.4 Å².